The van der Waals surface area contributed by atoms with Crippen molar-refractivity contribution < 1.29 is 37.0 Å². The van der Waals surface area contributed by atoms with Gasteiger partial charge in [0, 0.05) is 18.1 Å². The van der Waals surface area contributed by atoms with E-state index in [4.69, 9.17) is 13.9 Å². The van der Waals surface area contributed by atoms with Crippen LogP contribution in [0.5, 0.6) is 11.5 Å². The van der Waals surface area contributed by atoms with Crippen LogP contribution < -0.4 is 20.1 Å². The maximum Gasteiger partial charge on any atom is 0.410 e. The van der Waals surface area contributed by atoms with Gasteiger partial charge < -0.3 is 29.6 Å². The van der Waals surface area contributed by atoms with Crippen molar-refractivity contribution in [1.29, 1.82) is 0 Å². The van der Waals surface area contributed by atoms with E-state index in [1.165, 1.54) is 19.3 Å². The first kappa shape index (κ1) is 21.2. The van der Waals surface area contributed by atoms with Crippen LogP contribution in [0.4, 0.5) is 24.7 Å². The number of hydrogen-bond donors (Lipinski definition) is 3. The van der Waals surface area contributed by atoms with Gasteiger partial charge in [-0.05, 0) is 25.1 Å². The molecule has 5 rings (SSSR count). The molecule has 3 N–H and O–H groups in total. The summed E-state index contributed by atoms with van der Waals surface area (Å²) in [7, 11) is 0. The summed E-state index contributed by atoms with van der Waals surface area (Å²) in [6, 6.07) is 3.44. The van der Waals surface area contributed by atoms with Gasteiger partial charge in [-0.3, -0.25) is 4.79 Å². The Labute approximate surface area is 185 Å². The molecule has 0 saturated carbocycles. The van der Waals surface area contributed by atoms with E-state index in [9.17, 15) is 23.1 Å². The minimum Gasteiger partial charge on any atom is -0.467 e. The first-order chi connectivity index (χ1) is 15.7. The van der Waals surface area contributed by atoms with Crippen LogP contribution in [0.2, 0.25) is 0 Å². The Kier molecular flexibility index (Phi) is 4.96. The number of alkyl halides is 3. The molecule has 12 heteroatoms. The van der Waals surface area contributed by atoms with Crippen molar-refractivity contribution in [1.82, 2.24) is 9.78 Å². The summed E-state index contributed by atoms with van der Waals surface area (Å²) in [6.07, 6.45) is -3.43. The maximum absolute atomic E-state index is 13.8. The highest BCUT2D eigenvalue weighted by molar-refractivity contribution is 6.08. The van der Waals surface area contributed by atoms with Crippen molar-refractivity contribution in [3.63, 3.8) is 0 Å². The van der Waals surface area contributed by atoms with Crippen molar-refractivity contribution in [2.45, 2.75) is 37.7 Å². The van der Waals surface area contributed by atoms with Gasteiger partial charge in [0.25, 0.3) is 5.91 Å². The number of carbonyl (C=O) groups excluding carboxylic acids is 1. The number of nitrogens with one attached hydrogen (secondary N) is 2. The summed E-state index contributed by atoms with van der Waals surface area (Å²) in [5.41, 5.74) is 0.517. The fraction of sp³-hybridized carbons (Fsp3) is 0.333. The highest BCUT2D eigenvalue weighted by Crippen LogP contribution is 2.45. The molecule has 0 unspecified atom stereocenters. The number of nitrogens with zero attached hydrogens (tertiary/aromatic N) is 2. The first-order valence-electron chi connectivity index (χ1n) is 10.1. The Morgan fingerprint density at radius 2 is 2.09 bits per heavy atom. The van der Waals surface area contributed by atoms with Gasteiger partial charge in [0.1, 0.15) is 17.1 Å². The number of hydrogen-bond acceptors (Lipinski definition) is 7. The molecular weight excluding hydrogens is 445 g/mol. The van der Waals surface area contributed by atoms with Crippen molar-refractivity contribution in [3.05, 3.63) is 53.6 Å². The number of fused-ring (bicyclic) bond motifs is 2. The van der Waals surface area contributed by atoms with E-state index in [1.807, 2.05) is 0 Å². The van der Waals surface area contributed by atoms with Gasteiger partial charge in [-0.25, -0.2) is 4.68 Å². The summed E-state index contributed by atoms with van der Waals surface area (Å²) < 4.78 is 58.0. The molecular formula is C21H19F3N4O5. The predicted molar refractivity (Wildman–Crippen MR) is 108 cm³/mol. The molecule has 0 spiro atoms. The summed E-state index contributed by atoms with van der Waals surface area (Å²) in [6.45, 7) is 1.51. The Balaban J connectivity index is 1.50. The Morgan fingerprint density at radius 3 is 2.76 bits per heavy atom. The van der Waals surface area contributed by atoms with Gasteiger partial charge in [0.2, 0.25) is 6.79 Å². The lowest BCUT2D eigenvalue weighted by Crippen LogP contribution is -2.36. The van der Waals surface area contributed by atoms with E-state index in [1.54, 1.807) is 18.2 Å². The third-order valence-corrected chi connectivity index (χ3v) is 5.61. The molecule has 174 valence electrons. The lowest BCUT2D eigenvalue weighted by molar-refractivity contribution is -0.174. The smallest absolute Gasteiger partial charge is 0.410 e. The number of aliphatic hydroxyl groups excluding tert-OH is 1. The van der Waals surface area contributed by atoms with Crippen LogP contribution in [0.1, 0.15) is 53.2 Å². The van der Waals surface area contributed by atoms with Gasteiger partial charge in [0.05, 0.1) is 30.3 Å². The summed E-state index contributed by atoms with van der Waals surface area (Å²) >= 11 is 0. The van der Waals surface area contributed by atoms with E-state index in [0.717, 1.165) is 10.9 Å². The molecule has 2 aliphatic rings. The van der Waals surface area contributed by atoms with E-state index in [-0.39, 0.29) is 30.3 Å². The number of aromatic nitrogens is 2. The fourth-order valence-corrected chi connectivity index (χ4v) is 4.01. The van der Waals surface area contributed by atoms with Gasteiger partial charge >= 0.3 is 6.18 Å². The van der Waals surface area contributed by atoms with E-state index in [0.29, 0.717) is 22.8 Å². The zero-order valence-corrected chi connectivity index (χ0v) is 17.2. The number of aliphatic hydroxyl groups is 1. The van der Waals surface area contributed by atoms with E-state index in [2.05, 4.69) is 15.7 Å². The first-order valence-corrected chi connectivity index (χ1v) is 10.1. The topological polar surface area (TPSA) is 111 Å². The number of amides is 1. The van der Waals surface area contributed by atoms with Crippen molar-refractivity contribution in [3.8, 4) is 11.5 Å². The minimum atomic E-state index is -4.59. The molecule has 0 bridgehead atoms. The molecule has 2 aliphatic heterocycles. The fourth-order valence-electron chi connectivity index (χ4n) is 4.01. The van der Waals surface area contributed by atoms with E-state index < -0.39 is 30.3 Å². The Bertz CT molecular complexity index is 1190. The Hall–Kier alpha value is -3.67. The highest BCUT2D eigenvalue weighted by Gasteiger charge is 2.47. The van der Waals surface area contributed by atoms with Crippen LogP contribution in [0.3, 0.4) is 0 Å². The van der Waals surface area contributed by atoms with Crippen LogP contribution in [0, 0.1) is 0 Å². The maximum atomic E-state index is 13.8. The predicted octanol–water partition coefficient (Wildman–Crippen LogP) is 4.17. The van der Waals surface area contributed by atoms with Crippen LogP contribution in [-0.4, -0.2) is 33.8 Å². The molecule has 0 aliphatic carbocycles. The molecule has 0 fully saturated rings. The van der Waals surface area contributed by atoms with Crippen LogP contribution in [0.25, 0.3) is 0 Å². The quantitative estimate of drug-likeness (QED) is 0.532. The van der Waals surface area contributed by atoms with Gasteiger partial charge in [0.15, 0.2) is 17.5 Å². The van der Waals surface area contributed by atoms with E-state index >= 15 is 0 Å². The minimum absolute atomic E-state index is 0.000179. The second-order valence-electron chi connectivity index (χ2n) is 7.78. The second kappa shape index (κ2) is 7.73. The molecule has 33 heavy (non-hydrogen) atoms. The monoisotopic (exact) mass is 464 g/mol. The zero-order chi connectivity index (χ0) is 23.3. The zero-order valence-electron chi connectivity index (χ0n) is 17.2. The molecule has 4 heterocycles. The second-order valence-corrected chi connectivity index (χ2v) is 7.78. The molecule has 3 aromatic rings. The number of rotatable bonds is 4. The number of furan rings is 1. The SMILES string of the molecule is C[C@H](O)c1cc2c(cc1NC(=O)c1cnn3c1N[C@@H](c1ccco1)C[C@H]3C(F)(F)F)OCO2. The highest BCUT2D eigenvalue weighted by atomic mass is 19.4. The molecule has 0 radical (unpaired) electrons. The Morgan fingerprint density at radius 1 is 1.33 bits per heavy atom. The standard InChI is InChI=1S/C21H19F3N4O5/c1-10(29)11-5-16-17(33-9-32-16)6-13(11)27-20(30)12-8-25-28-18(21(22,23)24)7-14(26-19(12)28)15-3-2-4-31-15/h2-6,8,10,14,18,26,29H,7,9H2,1H3,(H,27,30)/t10-,14+,18-/m0/s1. The van der Waals surface area contributed by atoms with Crippen LogP contribution in [0.15, 0.2) is 41.1 Å². The van der Waals surface area contributed by atoms with Crippen LogP contribution >= 0.6 is 0 Å². The lowest BCUT2D eigenvalue weighted by atomic mass is 10.0. The molecule has 1 amide bonds. The average molecular weight is 464 g/mol. The number of halogens is 3. The molecule has 0 saturated heterocycles. The van der Waals surface area contributed by atoms with Gasteiger partial charge in [-0.1, -0.05) is 0 Å². The molecule has 9 nitrogen and oxygen atoms in total. The summed E-state index contributed by atoms with van der Waals surface area (Å²) in [5, 5.41) is 19.6. The number of anilines is 2. The third-order valence-electron chi connectivity index (χ3n) is 5.61. The van der Waals surface area contributed by atoms with Crippen molar-refractivity contribution in [2.75, 3.05) is 17.4 Å². The molecule has 3 atom stereocenters. The largest absolute Gasteiger partial charge is 0.467 e. The number of carbonyl (C=O) groups is 1. The van der Waals surface area contributed by atoms with Crippen molar-refractivity contribution >= 4 is 17.4 Å². The van der Waals surface area contributed by atoms with Gasteiger partial charge in [-0.15, -0.1) is 0 Å². The lowest BCUT2D eigenvalue weighted by Gasteiger charge is -2.32. The normalized spacial score (nSPS) is 20.2. The number of ether oxygens (including phenoxy) is 2. The van der Waals surface area contributed by atoms with Crippen molar-refractivity contribution in [2.24, 2.45) is 0 Å². The number of benzene rings is 1. The summed E-state index contributed by atoms with van der Waals surface area (Å²) in [4.78, 5) is 13.1. The molecule has 1 aromatic carbocycles. The average Bonchev–Trinajstić information content (AvgIpc) is 3.50. The summed E-state index contributed by atoms with van der Waals surface area (Å²) in [5.74, 6) is 0.324. The molecule has 2 aromatic heterocycles. The third kappa shape index (κ3) is 3.75. The van der Waals surface area contributed by atoms with Gasteiger partial charge in [-0.2, -0.15) is 18.3 Å². The van der Waals surface area contributed by atoms with Crippen LogP contribution in [-0.2, 0) is 0 Å².